The second-order valence-corrected chi connectivity index (χ2v) is 6.06. The van der Waals surface area contributed by atoms with Crippen molar-refractivity contribution in [3.05, 3.63) is 0 Å². The zero-order valence-electron chi connectivity index (χ0n) is 8.25. The number of aliphatic hydroxyl groups excluding tert-OH is 1. The van der Waals surface area contributed by atoms with Gasteiger partial charge in [0, 0.05) is 13.5 Å². The third-order valence-electron chi connectivity index (χ3n) is 1.62. The van der Waals surface area contributed by atoms with Crippen LogP contribution in [0.4, 0.5) is 0 Å². The van der Waals surface area contributed by atoms with Crippen molar-refractivity contribution in [2.45, 2.75) is 18.8 Å². The van der Waals surface area contributed by atoms with Gasteiger partial charge < -0.3 is 19.6 Å². The highest BCUT2D eigenvalue weighted by molar-refractivity contribution is 7.61. The lowest BCUT2D eigenvalue weighted by molar-refractivity contribution is -0.0571. The molecule has 0 aromatic heterocycles. The van der Waals surface area contributed by atoms with Crippen LogP contribution in [0.15, 0.2) is 0 Å². The molecule has 0 amide bonds. The van der Waals surface area contributed by atoms with Crippen molar-refractivity contribution >= 4 is 15.6 Å². The van der Waals surface area contributed by atoms with Crippen molar-refractivity contribution in [3.63, 3.8) is 0 Å². The van der Waals surface area contributed by atoms with E-state index in [2.05, 4.69) is 13.4 Å². The molecule has 1 aliphatic heterocycles. The van der Waals surface area contributed by atoms with E-state index in [1.54, 1.807) is 0 Å². The van der Waals surface area contributed by atoms with E-state index in [0.29, 0.717) is 0 Å². The molecule has 0 bridgehead atoms. The van der Waals surface area contributed by atoms with Gasteiger partial charge in [-0.05, 0) is 0 Å². The molecule has 0 aromatic carbocycles. The Morgan fingerprint density at radius 2 is 2.00 bits per heavy atom. The number of hydrogen-bond acceptors (Lipinski definition) is 7. The van der Waals surface area contributed by atoms with E-state index in [1.807, 2.05) is 0 Å². The second-order valence-electron chi connectivity index (χ2n) is 2.96. The summed E-state index contributed by atoms with van der Waals surface area (Å²) in [6.07, 6.45) is -1.87. The van der Waals surface area contributed by atoms with Gasteiger partial charge in [0.25, 0.3) is 0 Å². The van der Waals surface area contributed by atoms with Crippen molar-refractivity contribution in [1.82, 2.24) is 0 Å². The molecule has 3 unspecified atom stereocenters. The lowest BCUT2D eigenvalue weighted by Crippen LogP contribution is -2.11. The molecule has 0 aromatic rings. The van der Waals surface area contributed by atoms with Crippen LogP contribution >= 0.6 is 15.6 Å². The standard InChI is InChI=1S/C5H12O9P2/c1-11-16(10,14-15(7,8)9)13-5-2-4(6)3-12-5/h4-6H,2-3H2,1H3,(H2,7,8,9). The first-order valence-electron chi connectivity index (χ1n) is 4.15. The van der Waals surface area contributed by atoms with Gasteiger partial charge in [-0.15, -0.1) is 0 Å². The Morgan fingerprint density at radius 3 is 2.38 bits per heavy atom. The quantitative estimate of drug-likeness (QED) is 0.593. The maximum Gasteiger partial charge on any atom is 0.485 e. The predicted octanol–water partition coefficient (Wildman–Crippen LogP) is -0.0259. The fraction of sp³-hybridized carbons (Fsp3) is 1.00. The SMILES string of the molecule is COP(=O)(OC1CC(O)CO1)OP(=O)(O)O. The molecular weight excluding hydrogens is 266 g/mol. The molecule has 9 nitrogen and oxygen atoms in total. The van der Waals surface area contributed by atoms with Crippen molar-refractivity contribution in [2.24, 2.45) is 0 Å². The normalized spacial score (nSPS) is 30.2. The Bertz CT molecular complexity index is 324. The molecule has 16 heavy (non-hydrogen) atoms. The van der Waals surface area contributed by atoms with Crippen LogP contribution in [-0.2, 0) is 27.2 Å². The van der Waals surface area contributed by atoms with Crippen LogP contribution in [0.3, 0.4) is 0 Å². The molecule has 1 aliphatic rings. The zero-order valence-corrected chi connectivity index (χ0v) is 10.0. The number of rotatable bonds is 5. The molecule has 1 saturated heterocycles. The molecule has 3 atom stereocenters. The highest BCUT2D eigenvalue weighted by Gasteiger charge is 2.39. The van der Waals surface area contributed by atoms with Gasteiger partial charge in [-0.25, -0.2) is 9.13 Å². The molecule has 1 rings (SSSR count). The van der Waals surface area contributed by atoms with Gasteiger partial charge in [-0.3, -0.25) is 9.05 Å². The smallest absolute Gasteiger partial charge is 0.391 e. The van der Waals surface area contributed by atoms with Gasteiger partial charge in [0.1, 0.15) is 0 Å². The first-order chi connectivity index (χ1) is 7.24. The van der Waals surface area contributed by atoms with E-state index >= 15 is 0 Å². The summed E-state index contributed by atoms with van der Waals surface area (Å²) in [5, 5.41) is 9.07. The molecule has 96 valence electrons. The van der Waals surface area contributed by atoms with Crippen LogP contribution in [0.1, 0.15) is 6.42 Å². The predicted molar refractivity (Wildman–Crippen MR) is 49.2 cm³/mol. The number of phosphoric ester groups is 1. The van der Waals surface area contributed by atoms with Gasteiger partial charge >= 0.3 is 15.6 Å². The van der Waals surface area contributed by atoms with E-state index in [9.17, 15) is 9.13 Å². The molecule has 3 N–H and O–H groups in total. The van der Waals surface area contributed by atoms with Crippen molar-refractivity contribution < 1.29 is 42.1 Å². The molecule has 1 fully saturated rings. The first kappa shape index (κ1) is 14.2. The average molecular weight is 278 g/mol. The van der Waals surface area contributed by atoms with Crippen LogP contribution in [0.5, 0.6) is 0 Å². The average Bonchev–Trinajstić information content (AvgIpc) is 2.47. The van der Waals surface area contributed by atoms with Gasteiger partial charge in [-0.2, -0.15) is 4.31 Å². The minimum atomic E-state index is -5.01. The van der Waals surface area contributed by atoms with E-state index in [1.165, 1.54) is 0 Å². The van der Waals surface area contributed by atoms with E-state index in [0.717, 1.165) is 7.11 Å². The molecule has 11 heteroatoms. The lowest BCUT2D eigenvalue weighted by atomic mass is 10.3. The molecular formula is C5H12O9P2. The Hall–Kier alpha value is 0.180. The largest absolute Gasteiger partial charge is 0.485 e. The fourth-order valence-electron chi connectivity index (χ4n) is 1.02. The Labute approximate surface area is 91.1 Å². The molecule has 0 aliphatic carbocycles. The van der Waals surface area contributed by atoms with E-state index in [4.69, 9.17) is 19.6 Å². The maximum absolute atomic E-state index is 11.5. The lowest BCUT2D eigenvalue weighted by Gasteiger charge is -2.19. The van der Waals surface area contributed by atoms with Crippen molar-refractivity contribution in [1.29, 1.82) is 0 Å². The summed E-state index contributed by atoms with van der Waals surface area (Å²) in [5.74, 6) is 0. The second kappa shape index (κ2) is 5.22. The molecule has 1 heterocycles. The minimum Gasteiger partial charge on any atom is -0.391 e. The number of ether oxygens (including phenoxy) is 1. The molecule has 0 spiro atoms. The van der Waals surface area contributed by atoms with Crippen molar-refractivity contribution in [2.75, 3.05) is 13.7 Å². The molecule has 0 radical (unpaired) electrons. The minimum absolute atomic E-state index is 0.0118. The Balaban J connectivity index is 2.60. The third-order valence-corrected chi connectivity index (χ3v) is 4.21. The summed E-state index contributed by atoms with van der Waals surface area (Å²) >= 11 is 0. The van der Waals surface area contributed by atoms with Gasteiger partial charge in [0.15, 0.2) is 6.29 Å². The number of phosphoric acid groups is 2. The topological polar surface area (TPSA) is 132 Å². The Morgan fingerprint density at radius 1 is 1.38 bits per heavy atom. The zero-order chi connectivity index (χ0) is 12.4. The van der Waals surface area contributed by atoms with Crippen LogP contribution in [0.2, 0.25) is 0 Å². The summed E-state index contributed by atoms with van der Waals surface area (Å²) in [6.45, 7) is -0.0235. The third kappa shape index (κ3) is 4.58. The summed E-state index contributed by atoms with van der Waals surface area (Å²) in [6, 6.07) is 0. The van der Waals surface area contributed by atoms with Crippen LogP contribution in [0, 0.1) is 0 Å². The number of hydrogen-bond donors (Lipinski definition) is 3. The van der Waals surface area contributed by atoms with Gasteiger partial charge in [0.2, 0.25) is 0 Å². The van der Waals surface area contributed by atoms with Crippen LogP contribution in [0.25, 0.3) is 0 Å². The van der Waals surface area contributed by atoms with Crippen molar-refractivity contribution in [3.8, 4) is 0 Å². The van der Waals surface area contributed by atoms with Crippen LogP contribution < -0.4 is 0 Å². The summed E-state index contributed by atoms with van der Waals surface area (Å²) in [4.78, 5) is 17.0. The monoisotopic (exact) mass is 278 g/mol. The fourth-order valence-corrected chi connectivity index (χ4v) is 3.00. The first-order valence-corrected chi connectivity index (χ1v) is 7.14. The highest BCUT2D eigenvalue weighted by Crippen LogP contribution is 2.61. The van der Waals surface area contributed by atoms with Gasteiger partial charge in [-0.1, -0.05) is 0 Å². The van der Waals surface area contributed by atoms with Crippen LogP contribution in [-0.4, -0.2) is 41.0 Å². The highest BCUT2D eigenvalue weighted by atomic mass is 31.3. The molecule has 0 saturated carbocycles. The summed E-state index contributed by atoms with van der Waals surface area (Å²) in [7, 11) is -8.50. The van der Waals surface area contributed by atoms with E-state index in [-0.39, 0.29) is 13.0 Å². The number of aliphatic hydroxyl groups is 1. The van der Waals surface area contributed by atoms with Gasteiger partial charge in [0.05, 0.1) is 12.7 Å². The van der Waals surface area contributed by atoms with E-state index < -0.39 is 28.0 Å². The maximum atomic E-state index is 11.5. The Kier molecular flexibility index (Phi) is 4.65. The summed E-state index contributed by atoms with van der Waals surface area (Å²) in [5.41, 5.74) is 0. The summed E-state index contributed by atoms with van der Waals surface area (Å²) < 4.78 is 39.6.